The van der Waals surface area contributed by atoms with Crippen molar-refractivity contribution < 1.29 is 31.8 Å². The van der Waals surface area contributed by atoms with Gasteiger partial charge in [-0.3, -0.25) is 4.79 Å². The highest BCUT2D eigenvalue weighted by Gasteiger charge is 2.40. The number of amides is 1. The maximum Gasteiger partial charge on any atom is 0.419 e. The number of methoxy groups -OCH3 is 1. The second kappa shape index (κ2) is 8.29. The molecule has 1 aromatic heterocycles. The van der Waals surface area contributed by atoms with E-state index >= 15 is 0 Å². The van der Waals surface area contributed by atoms with E-state index in [0.717, 1.165) is 12.3 Å². The Balaban J connectivity index is 1.62. The predicted molar refractivity (Wildman–Crippen MR) is 102 cm³/mol. The Labute approximate surface area is 175 Å². The summed E-state index contributed by atoms with van der Waals surface area (Å²) in [5.74, 6) is -1.54. The van der Waals surface area contributed by atoms with E-state index in [9.17, 15) is 22.4 Å². The van der Waals surface area contributed by atoms with Crippen LogP contribution in [0.15, 0.2) is 18.3 Å². The summed E-state index contributed by atoms with van der Waals surface area (Å²) in [4.78, 5) is 21.9. The van der Waals surface area contributed by atoms with E-state index in [-0.39, 0.29) is 34.6 Å². The third kappa shape index (κ3) is 4.55. The number of carbonyl (C=O) groups excluding carboxylic acids is 1. The lowest BCUT2D eigenvalue weighted by Gasteiger charge is -2.27. The van der Waals surface area contributed by atoms with Gasteiger partial charge < -0.3 is 19.7 Å². The van der Waals surface area contributed by atoms with Crippen LogP contribution in [0.1, 0.15) is 40.4 Å². The van der Waals surface area contributed by atoms with Crippen molar-refractivity contribution in [3.63, 3.8) is 0 Å². The Morgan fingerprint density at radius 1 is 1.26 bits per heavy atom. The van der Waals surface area contributed by atoms with Crippen molar-refractivity contribution in [3.8, 4) is 5.75 Å². The fourth-order valence-electron chi connectivity index (χ4n) is 3.38. The minimum Gasteiger partial charge on any atom is -0.495 e. The third-order valence-corrected chi connectivity index (χ3v) is 5.15. The highest BCUT2D eigenvalue weighted by Crippen LogP contribution is 2.45. The molecule has 4 rings (SSSR count). The van der Waals surface area contributed by atoms with E-state index in [4.69, 9.17) is 9.47 Å². The summed E-state index contributed by atoms with van der Waals surface area (Å²) < 4.78 is 64.9. The van der Waals surface area contributed by atoms with Crippen LogP contribution in [0.5, 0.6) is 5.75 Å². The molecule has 0 spiro atoms. The van der Waals surface area contributed by atoms with Gasteiger partial charge in [-0.25, -0.2) is 14.4 Å². The maximum atomic E-state index is 14.7. The molecule has 0 atom stereocenters. The zero-order valence-corrected chi connectivity index (χ0v) is 16.6. The molecule has 1 amide bonds. The molecule has 11 heteroatoms. The number of hydrogen-bond acceptors (Lipinski definition) is 6. The average Bonchev–Trinajstić information content (AvgIpc) is 3.59. The van der Waals surface area contributed by atoms with Gasteiger partial charge in [0.25, 0.3) is 5.91 Å². The van der Waals surface area contributed by atoms with Gasteiger partial charge in [0.1, 0.15) is 11.6 Å². The molecule has 1 saturated heterocycles. The van der Waals surface area contributed by atoms with E-state index < -0.39 is 23.5 Å². The Kier molecular flexibility index (Phi) is 5.69. The van der Waals surface area contributed by atoms with Crippen LogP contribution >= 0.6 is 0 Å². The number of anilines is 2. The second-order valence-electron chi connectivity index (χ2n) is 7.33. The van der Waals surface area contributed by atoms with Crippen molar-refractivity contribution in [3.05, 3.63) is 41.0 Å². The largest absolute Gasteiger partial charge is 0.495 e. The summed E-state index contributed by atoms with van der Waals surface area (Å²) in [5.41, 5.74) is -1.02. The van der Waals surface area contributed by atoms with Gasteiger partial charge in [0.2, 0.25) is 5.95 Å². The molecule has 1 aliphatic heterocycles. The molecule has 7 nitrogen and oxygen atoms in total. The first kappa shape index (κ1) is 21.3. The maximum absolute atomic E-state index is 14.7. The van der Waals surface area contributed by atoms with Crippen molar-refractivity contribution in [1.82, 2.24) is 14.9 Å². The number of nitrogens with one attached hydrogen (secondary N) is 1. The summed E-state index contributed by atoms with van der Waals surface area (Å²) in [5, 5.41) is 2.71. The number of aromatic nitrogens is 2. The standard InChI is InChI=1S/C20H20F4N4O3/c1-30-16-8-12(18(29)28-4-6-31-7-5-28)14(21)9-15(16)26-19-25-10-13(20(22,23)24)17(27-19)11-2-3-11/h8-11H,2-7H2,1H3,(H,25,26,27). The molecular weight excluding hydrogens is 420 g/mol. The quantitative estimate of drug-likeness (QED) is 0.714. The molecule has 2 fully saturated rings. The van der Waals surface area contributed by atoms with E-state index in [2.05, 4.69) is 15.3 Å². The topological polar surface area (TPSA) is 76.6 Å². The van der Waals surface area contributed by atoms with Crippen molar-refractivity contribution in [2.75, 3.05) is 38.7 Å². The Morgan fingerprint density at radius 3 is 2.58 bits per heavy atom. The average molecular weight is 440 g/mol. The third-order valence-electron chi connectivity index (χ3n) is 5.15. The molecule has 1 N–H and O–H groups in total. The first-order valence-electron chi connectivity index (χ1n) is 9.73. The summed E-state index contributed by atoms with van der Waals surface area (Å²) in [6.07, 6.45) is -2.59. The van der Waals surface area contributed by atoms with Crippen LogP contribution in [0.25, 0.3) is 0 Å². The fourth-order valence-corrected chi connectivity index (χ4v) is 3.38. The molecule has 1 aliphatic carbocycles. The molecular formula is C20H20F4N4O3. The number of benzene rings is 1. The first-order valence-corrected chi connectivity index (χ1v) is 9.73. The molecule has 31 heavy (non-hydrogen) atoms. The van der Waals surface area contributed by atoms with Crippen molar-refractivity contribution in [2.24, 2.45) is 0 Å². The smallest absolute Gasteiger partial charge is 0.419 e. The molecule has 0 unspecified atom stereocenters. The van der Waals surface area contributed by atoms with Crippen LogP contribution in [0.4, 0.5) is 29.2 Å². The van der Waals surface area contributed by atoms with Crippen LogP contribution < -0.4 is 10.1 Å². The van der Waals surface area contributed by atoms with Gasteiger partial charge in [0.05, 0.1) is 42.8 Å². The van der Waals surface area contributed by atoms with Gasteiger partial charge in [-0.15, -0.1) is 0 Å². The lowest BCUT2D eigenvalue weighted by atomic mass is 10.1. The summed E-state index contributed by atoms with van der Waals surface area (Å²) >= 11 is 0. The lowest BCUT2D eigenvalue weighted by Crippen LogP contribution is -2.41. The van der Waals surface area contributed by atoms with E-state index in [1.807, 2.05) is 0 Å². The second-order valence-corrected chi connectivity index (χ2v) is 7.33. The minimum absolute atomic E-state index is 0.0800. The van der Waals surface area contributed by atoms with Crippen LogP contribution in [0.2, 0.25) is 0 Å². The number of ether oxygens (including phenoxy) is 2. The van der Waals surface area contributed by atoms with Crippen LogP contribution in [0.3, 0.4) is 0 Å². The molecule has 2 aromatic rings. The summed E-state index contributed by atoms with van der Waals surface area (Å²) in [7, 11) is 1.34. The SMILES string of the molecule is COc1cc(C(=O)N2CCOCC2)c(F)cc1Nc1ncc(C(F)(F)F)c(C2CC2)n1. The zero-order chi connectivity index (χ0) is 22.2. The van der Waals surface area contributed by atoms with E-state index in [0.29, 0.717) is 39.1 Å². The van der Waals surface area contributed by atoms with Gasteiger partial charge in [0, 0.05) is 31.3 Å². The van der Waals surface area contributed by atoms with Crippen LogP contribution in [-0.2, 0) is 10.9 Å². The van der Waals surface area contributed by atoms with Gasteiger partial charge >= 0.3 is 6.18 Å². The predicted octanol–water partition coefficient (Wildman–Crippen LogP) is 3.74. The lowest BCUT2D eigenvalue weighted by molar-refractivity contribution is -0.138. The van der Waals surface area contributed by atoms with Crippen molar-refractivity contribution >= 4 is 17.5 Å². The molecule has 0 radical (unpaired) electrons. The van der Waals surface area contributed by atoms with E-state index in [1.54, 1.807) is 0 Å². The molecule has 1 saturated carbocycles. The Hall–Kier alpha value is -2.95. The van der Waals surface area contributed by atoms with Gasteiger partial charge in [-0.05, 0) is 18.9 Å². The number of halogens is 4. The van der Waals surface area contributed by atoms with Crippen LogP contribution in [0, 0.1) is 5.82 Å². The minimum atomic E-state index is -4.55. The monoisotopic (exact) mass is 440 g/mol. The number of hydrogen-bond donors (Lipinski definition) is 1. The Morgan fingerprint density at radius 2 is 1.97 bits per heavy atom. The van der Waals surface area contributed by atoms with Crippen LogP contribution in [-0.4, -0.2) is 54.2 Å². The van der Waals surface area contributed by atoms with Gasteiger partial charge in [0.15, 0.2) is 0 Å². The van der Waals surface area contributed by atoms with Gasteiger partial charge in [-0.1, -0.05) is 0 Å². The number of rotatable bonds is 5. The molecule has 2 heterocycles. The molecule has 0 bridgehead atoms. The van der Waals surface area contributed by atoms with Crippen molar-refractivity contribution in [1.29, 1.82) is 0 Å². The Bertz CT molecular complexity index is 989. The molecule has 2 aliphatic rings. The summed E-state index contributed by atoms with van der Waals surface area (Å²) in [6, 6.07) is 2.30. The normalized spacial score (nSPS) is 16.9. The van der Waals surface area contributed by atoms with Gasteiger partial charge in [-0.2, -0.15) is 13.2 Å². The number of morpholine rings is 1. The molecule has 1 aromatic carbocycles. The highest BCUT2D eigenvalue weighted by atomic mass is 19.4. The van der Waals surface area contributed by atoms with E-state index in [1.165, 1.54) is 18.1 Å². The zero-order valence-electron chi connectivity index (χ0n) is 16.6. The number of nitrogens with zero attached hydrogens (tertiary/aromatic N) is 3. The number of alkyl halides is 3. The first-order chi connectivity index (χ1) is 14.8. The fraction of sp³-hybridized carbons (Fsp3) is 0.450. The molecule has 166 valence electrons. The highest BCUT2D eigenvalue weighted by molar-refractivity contribution is 5.95. The number of carbonyl (C=O) groups is 1. The summed E-state index contributed by atoms with van der Waals surface area (Å²) in [6.45, 7) is 1.45. The van der Waals surface area contributed by atoms with Crippen molar-refractivity contribution in [2.45, 2.75) is 24.9 Å².